The van der Waals surface area contributed by atoms with Crippen molar-refractivity contribution in [3.8, 4) is 0 Å². The van der Waals surface area contributed by atoms with E-state index in [1.807, 2.05) is 0 Å². The smallest absolute Gasteiger partial charge is 0.244 e. The first kappa shape index (κ1) is 13.9. The first-order chi connectivity index (χ1) is 8.34. The van der Waals surface area contributed by atoms with Crippen LogP contribution in [0.3, 0.4) is 0 Å². The van der Waals surface area contributed by atoms with Gasteiger partial charge in [-0.1, -0.05) is 23.2 Å². The maximum absolute atomic E-state index is 12.3. The van der Waals surface area contributed by atoms with Crippen LogP contribution in [0, 0.1) is 0 Å². The lowest BCUT2D eigenvalue weighted by Gasteiger charge is -2.17. The van der Waals surface area contributed by atoms with Crippen molar-refractivity contribution in [2.45, 2.75) is 17.4 Å². The molecule has 1 atom stereocenters. The summed E-state index contributed by atoms with van der Waals surface area (Å²) in [6.07, 6.45) is -0.219. The number of β-amino-alcohol motifs (C(OH)–C–C–N with tert-alkyl or cyclic N) is 1. The molecule has 0 amide bonds. The van der Waals surface area contributed by atoms with Gasteiger partial charge in [0.15, 0.2) is 0 Å². The predicted molar refractivity (Wildman–Crippen MR) is 70.3 cm³/mol. The quantitative estimate of drug-likeness (QED) is 0.807. The van der Waals surface area contributed by atoms with Crippen LogP contribution in [0.2, 0.25) is 10.0 Å². The van der Waals surface area contributed by atoms with Gasteiger partial charge in [-0.15, -0.1) is 0 Å². The van der Waals surface area contributed by atoms with Gasteiger partial charge < -0.3 is 10.8 Å². The molecular weight excluding hydrogens is 299 g/mol. The second-order valence-electron chi connectivity index (χ2n) is 4.08. The highest BCUT2D eigenvalue weighted by atomic mass is 35.5. The van der Waals surface area contributed by atoms with Crippen LogP contribution in [0.1, 0.15) is 6.42 Å². The molecule has 0 aromatic heterocycles. The molecule has 0 radical (unpaired) electrons. The topological polar surface area (TPSA) is 83.6 Å². The molecule has 1 saturated heterocycles. The monoisotopic (exact) mass is 310 g/mol. The molecule has 1 aromatic carbocycles. The Balaban J connectivity index is 2.45. The van der Waals surface area contributed by atoms with E-state index in [1.54, 1.807) is 0 Å². The van der Waals surface area contributed by atoms with E-state index in [1.165, 1.54) is 16.4 Å². The van der Waals surface area contributed by atoms with Gasteiger partial charge in [0.05, 0.1) is 21.8 Å². The summed E-state index contributed by atoms with van der Waals surface area (Å²) in [4.78, 5) is -0.0832. The van der Waals surface area contributed by atoms with Gasteiger partial charge in [0.1, 0.15) is 4.90 Å². The number of hydrogen-bond donors (Lipinski definition) is 2. The molecule has 1 fully saturated rings. The standard InChI is InChI=1S/C10H12Cl2N2O3S/c11-7-1-2-8(9(12)10(7)13)18(16,17)14-4-3-6(15)5-14/h1-2,6,15H,3-5,13H2/t6-/m1/s1. The Morgan fingerprint density at radius 1 is 1.39 bits per heavy atom. The van der Waals surface area contributed by atoms with Gasteiger partial charge >= 0.3 is 0 Å². The molecule has 0 unspecified atom stereocenters. The first-order valence-corrected chi connectivity index (χ1v) is 7.45. The summed E-state index contributed by atoms with van der Waals surface area (Å²) in [5.41, 5.74) is 5.65. The fraction of sp³-hybridized carbons (Fsp3) is 0.400. The van der Waals surface area contributed by atoms with Crippen molar-refractivity contribution in [1.82, 2.24) is 4.31 Å². The van der Waals surface area contributed by atoms with Crippen molar-refractivity contribution >= 4 is 38.9 Å². The number of aliphatic hydroxyl groups excluding tert-OH is 1. The number of benzene rings is 1. The first-order valence-electron chi connectivity index (χ1n) is 5.25. The summed E-state index contributed by atoms with van der Waals surface area (Å²) in [7, 11) is -3.74. The zero-order chi connectivity index (χ0) is 13.5. The number of anilines is 1. The second kappa shape index (κ2) is 4.86. The van der Waals surface area contributed by atoms with E-state index in [2.05, 4.69) is 0 Å². The molecule has 1 aliphatic heterocycles. The van der Waals surface area contributed by atoms with Gasteiger partial charge in [-0.3, -0.25) is 0 Å². The minimum Gasteiger partial charge on any atom is -0.396 e. The van der Waals surface area contributed by atoms with E-state index >= 15 is 0 Å². The zero-order valence-electron chi connectivity index (χ0n) is 9.31. The molecule has 5 nitrogen and oxygen atoms in total. The zero-order valence-corrected chi connectivity index (χ0v) is 11.6. The Morgan fingerprint density at radius 2 is 2.06 bits per heavy atom. The van der Waals surface area contributed by atoms with Crippen LogP contribution in [0.5, 0.6) is 0 Å². The van der Waals surface area contributed by atoms with Gasteiger partial charge in [0, 0.05) is 13.1 Å². The third-order valence-electron chi connectivity index (χ3n) is 2.84. The Kier molecular flexibility index (Phi) is 3.75. The number of nitrogens with zero attached hydrogens (tertiary/aromatic N) is 1. The van der Waals surface area contributed by atoms with Crippen molar-refractivity contribution in [2.24, 2.45) is 0 Å². The van der Waals surface area contributed by atoms with E-state index in [0.29, 0.717) is 6.42 Å². The van der Waals surface area contributed by atoms with Crippen LogP contribution in [-0.4, -0.2) is 37.0 Å². The largest absolute Gasteiger partial charge is 0.396 e. The van der Waals surface area contributed by atoms with Crippen molar-refractivity contribution in [1.29, 1.82) is 0 Å². The Morgan fingerprint density at radius 3 is 2.61 bits per heavy atom. The molecule has 100 valence electrons. The summed E-state index contributed by atoms with van der Waals surface area (Å²) in [6.45, 7) is 0.337. The van der Waals surface area contributed by atoms with Crippen LogP contribution in [0.25, 0.3) is 0 Å². The molecule has 0 spiro atoms. The van der Waals surface area contributed by atoms with Crippen LogP contribution >= 0.6 is 23.2 Å². The maximum atomic E-state index is 12.3. The number of halogens is 2. The molecule has 18 heavy (non-hydrogen) atoms. The Bertz CT molecular complexity index is 577. The highest BCUT2D eigenvalue weighted by Gasteiger charge is 2.33. The highest BCUT2D eigenvalue weighted by molar-refractivity contribution is 7.89. The van der Waals surface area contributed by atoms with Crippen molar-refractivity contribution < 1.29 is 13.5 Å². The maximum Gasteiger partial charge on any atom is 0.244 e. The molecule has 0 saturated carbocycles. The van der Waals surface area contributed by atoms with Crippen LogP contribution in [0.15, 0.2) is 17.0 Å². The van der Waals surface area contributed by atoms with Gasteiger partial charge in [-0.05, 0) is 18.6 Å². The van der Waals surface area contributed by atoms with Crippen molar-refractivity contribution in [3.05, 3.63) is 22.2 Å². The second-order valence-corrected chi connectivity index (χ2v) is 6.77. The van der Waals surface area contributed by atoms with E-state index in [0.717, 1.165) is 0 Å². The molecule has 1 heterocycles. The molecule has 3 N–H and O–H groups in total. The minimum absolute atomic E-state index is 0.0409. The molecule has 1 aromatic rings. The van der Waals surface area contributed by atoms with E-state index in [-0.39, 0.29) is 33.7 Å². The van der Waals surface area contributed by atoms with Gasteiger partial charge in [0.2, 0.25) is 10.0 Å². The number of sulfonamides is 1. The number of nitrogen functional groups attached to an aromatic ring is 1. The summed E-state index contributed by atoms with van der Waals surface area (Å²) in [5, 5.41) is 9.52. The molecule has 0 bridgehead atoms. The van der Waals surface area contributed by atoms with Crippen molar-refractivity contribution in [2.75, 3.05) is 18.8 Å². The van der Waals surface area contributed by atoms with Gasteiger partial charge in [-0.25, -0.2) is 8.42 Å². The molecule has 2 rings (SSSR count). The minimum atomic E-state index is -3.74. The molecular formula is C10H12Cl2N2O3S. The van der Waals surface area contributed by atoms with Gasteiger partial charge in [-0.2, -0.15) is 4.31 Å². The van der Waals surface area contributed by atoms with Crippen LogP contribution in [-0.2, 0) is 10.0 Å². The lowest BCUT2D eigenvalue weighted by atomic mass is 10.3. The highest BCUT2D eigenvalue weighted by Crippen LogP contribution is 2.35. The summed E-state index contributed by atoms with van der Waals surface area (Å²) in [5.74, 6) is 0. The average molecular weight is 311 g/mol. The Hall–Kier alpha value is -0.530. The van der Waals surface area contributed by atoms with Gasteiger partial charge in [0.25, 0.3) is 0 Å². The fourth-order valence-corrected chi connectivity index (χ4v) is 4.05. The summed E-state index contributed by atoms with van der Waals surface area (Å²) in [6, 6.07) is 2.71. The van der Waals surface area contributed by atoms with Crippen LogP contribution < -0.4 is 5.73 Å². The third-order valence-corrected chi connectivity index (χ3v) is 5.59. The summed E-state index contributed by atoms with van der Waals surface area (Å²) < 4.78 is 25.8. The SMILES string of the molecule is Nc1c(Cl)ccc(S(=O)(=O)N2CC[C@@H](O)C2)c1Cl. The van der Waals surface area contributed by atoms with E-state index in [4.69, 9.17) is 28.9 Å². The number of rotatable bonds is 2. The normalized spacial score (nSPS) is 21.4. The third kappa shape index (κ3) is 2.31. The lowest BCUT2D eigenvalue weighted by Crippen LogP contribution is -2.30. The predicted octanol–water partition coefficient (Wildman–Crippen LogP) is 1.33. The average Bonchev–Trinajstić information content (AvgIpc) is 2.73. The summed E-state index contributed by atoms with van der Waals surface area (Å²) >= 11 is 11.7. The number of nitrogens with two attached hydrogens (primary N) is 1. The van der Waals surface area contributed by atoms with E-state index in [9.17, 15) is 13.5 Å². The molecule has 0 aliphatic carbocycles. The lowest BCUT2D eigenvalue weighted by molar-refractivity contribution is 0.189. The Labute approximate surface area is 115 Å². The molecule has 8 heteroatoms. The van der Waals surface area contributed by atoms with Crippen molar-refractivity contribution in [3.63, 3.8) is 0 Å². The van der Waals surface area contributed by atoms with E-state index < -0.39 is 16.1 Å². The van der Waals surface area contributed by atoms with Crippen LogP contribution in [0.4, 0.5) is 5.69 Å². The number of aliphatic hydroxyl groups is 1. The number of hydrogen-bond acceptors (Lipinski definition) is 4. The fourth-order valence-electron chi connectivity index (χ4n) is 1.82. The molecule has 1 aliphatic rings.